The molecule has 9 nitrogen and oxygen atoms in total. The molecule has 0 saturated carbocycles. The monoisotopic (exact) mass is 336 g/mol. The summed E-state index contributed by atoms with van der Waals surface area (Å²) in [5.41, 5.74) is 1.98. The minimum atomic E-state index is -0.969. The first-order valence-electron chi connectivity index (χ1n) is 6.83. The average Bonchev–Trinajstić information content (AvgIpc) is 2.55. The fourth-order valence-electron chi connectivity index (χ4n) is 1.71. The number of anilines is 1. The number of amides is 4. The van der Waals surface area contributed by atoms with E-state index in [0.29, 0.717) is 0 Å². The van der Waals surface area contributed by atoms with Crippen LogP contribution < -0.4 is 16.1 Å². The second-order valence-electron chi connectivity index (χ2n) is 4.65. The lowest BCUT2D eigenvalue weighted by Gasteiger charge is -2.11. The predicted molar refractivity (Wildman–Crippen MR) is 79.3 cm³/mol. The first-order valence-corrected chi connectivity index (χ1v) is 6.83. The molecule has 1 aromatic rings. The van der Waals surface area contributed by atoms with E-state index in [-0.39, 0.29) is 30.1 Å². The molecule has 0 atom stereocenters. The number of urea groups is 1. The van der Waals surface area contributed by atoms with Crippen LogP contribution in [-0.4, -0.2) is 36.1 Å². The summed E-state index contributed by atoms with van der Waals surface area (Å²) in [4.78, 5) is 45.5. The van der Waals surface area contributed by atoms with Crippen LogP contribution in [0.5, 0.6) is 0 Å². The van der Waals surface area contributed by atoms with Gasteiger partial charge in [0.05, 0.1) is 5.69 Å². The lowest BCUT2D eigenvalue weighted by Crippen LogP contribution is -2.38. The molecule has 0 spiro atoms. The zero-order valence-electron chi connectivity index (χ0n) is 12.3. The summed E-state index contributed by atoms with van der Waals surface area (Å²) in [7, 11) is 0. The van der Waals surface area contributed by atoms with Gasteiger partial charge in [-0.2, -0.15) is 5.10 Å². The number of benzene rings is 1. The molecule has 3 N–H and O–H groups in total. The molecule has 0 unspecified atom stereocenters. The number of hydrazone groups is 1. The van der Waals surface area contributed by atoms with Crippen molar-refractivity contribution in [1.82, 2.24) is 10.7 Å². The smallest absolute Gasteiger partial charge is 0.355 e. The van der Waals surface area contributed by atoms with E-state index in [2.05, 4.69) is 20.6 Å². The van der Waals surface area contributed by atoms with Crippen LogP contribution in [0.2, 0.25) is 0 Å². The molecule has 4 amide bonds. The third kappa shape index (κ3) is 4.87. The van der Waals surface area contributed by atoms with Gasteiger partial charge in [-0.25, -0.2) is 19.4 Å². The number of hydrogen-bond donors (Lipinski definition) is 3. The number of rotatable bonds is 4. The summed E-state index contributed by atoms with van der Waals surface area (Å²) < 4.78 is 18.0. The van der Waals surface area contributed by atoms with Crippen LogP contribution in [0.3, 0.4) is 0 Å². The molecule has 0 saturated heterocycles. The Morgan fingerprint density at radius 1 is 1.25 bits per heavy atom. The number of nitrogens with one attached hydrogen (secondary N) is 3. The minimum absolute atomic E-state index is 0.0294. The third-order valence-electron chi connectivity index (χ3n) is 2.85. The molecule has 0 radical (unpaired) electrons. The topological polar surface area (TPSA) is 126 Å². The fourth-order valence-corrected chi connectivity index (χ4v) is 1.71. The van der Waals surface area contributed by atoms with Gasteiger partial charge < -0.3 is 10.1 Å². The molecule has 1 aromatic carbocycles. The van der Waals surface area contributed by atoms with Crippen LogP contribution in [0.4, 0.5) is 14.9 Å². The number of carbonyl (C=O) groups is 4. The van der Waals surface area contributed by atoms with E-state index in [0.717, 1.165) is 6.07 Å². The van der Waals surface area contributed by atoms with Gasteiger partial charge in [0.2, 0.25) is 5.91 Å². The summed E-state index contributed by atoms with van der Waals surface area (Å²) >= 11 is 0. The Balaban J connectivity index is 1.77. The standard InChI is InChI=1S/C14H13FN4O5/c15-8-3-1-2-4-9(8)16-14(23)17-12(21)7-24-13(22)10-5-6-11(20)19-18-10/h1-4H,5-7H2,(H,19,20)(H2,16,17,21,23). The van der Waals surface area contributed by atoms with E-state index in [1.54, 1.807) is 0 Å². The Morgan fingerprint density at radius 3 is 2.67 bits per heavy atom. The van der Waals surface area contributed by atoms with Crippen molar-refractivity contribution in [3.05, 3.63) is 30.1 Å². The maximum atomic E-state index is 13.3. The van der Waals surface area contributed by atoms with Crippen molar-refractivity contribution in [1.29, 1.82) is 0 Å². The molecule has 0 aliphatic carbocycles. The molecule has 0 aromatic heterocycles. The van der Waals surface area contributed by atoms with E-state index >= 15 is 0 Å². The molecule has 1 aliphatic heterocycles. The van der Waals surface area contributed by atoms with Crippen LogP contribution >= 0.6 is 0 Å². The zero-order chi connectivity index (χ0) is 17.5. The van der Waals surface area contributed by atoms with Crippen molar-refractivity contribution < 1.29 is 28.3 Å². The second kappa shape index (κ2) is 7.81. The van der Waals surface area contributed by atoms with Crippen molar-refractivity contribution in [2.45, 2.75) is 12.8 Å². The van der Waals surface area contributed by atoms with Crippen molar-refractivity contribution in [2.75, 3.05) is 11.9 Å². The lowest BCUT2D eigenvalue weighted by molar-refractivity contribution is -0.142. The van der Waals surface area contributed by atoms with Crippen molar-refractivity contribution in [3.8, 4) is 0 Å². The number of ether oxygens (including phenoxy) is 1. The van der Waals surface area contributed by atoms with Gasteiger partial charge in [0.1, 0.15) is 11.5 Å². The number of esters is 1. The van der Waals surface area contributed by atoms with E-state index in [1.807, 2.05) is 5.32 Å². The molecule has 10 heteroatoms. The maximum Gasteiger partial charge on any atom is 0.355 e. The molecular formula is C14H13FN4O5. The minimum Gasteiger partial charge on any atom is -0.451 e. The van der Waals surface area contributed by atoms with E-state index in [1.165, 1.54) is 18.2 Å². The summed E-state index contributed by atoms with van der Waals surface area (Å²) in [5, 5.41) is 7.52. The Hall–Kier alpha value is -3.30. The van der Waals surface area contributed by atoms with Crippen molar-refractivity contribution in [2.24, 2.45) is 5.10 Å². The summed E-state index contributed by atoms with van der Waals surface area (Å²) in [6.45, 7) is -0.726. The Morgan fingerprint density at radius 2 is 2.00 bits per heavy atom. The molecule has 0 bridgehead atoms. The Labute approximate surface area is 135 Å². The van der Waals surface area contributed by atoms with E-state index in [9.17, 15) is 23.6 Å². The van der Waals surface area contributed by atoms with Crippen molar-refractivity contribution >= 4 is 35.2 Å². The van der Waals surface area contributed by atoms with E-state index < -0.39 is 30.3 Å². The largest absolute Gasteiger partial charge is 0.451 e. The summed E-state index contributed by atoms with van der Waals surface area (Å²) in [5.74, 6) is -2.77. The Kier molecular flexibility index (Phi) is 5.55. The van der Waals surface area contributed by atoms with Gasteiger partial charge in [-0.1, -0.05) is 12.1 Å². The number of carbonyl (C=O) groups excluding carboxylic acids is 4. The van der Waals surface area contributed by atoms with Gasteiger partial charge in [0.15, 0.2) is 6.61 Å². The molecule has 0 fully saturated rings. The Bertz CT molecular complexity index is 719. The zero-order valence-corrected chi connectivity index (χ0v) is 12.3. The van der Waals surface area contributed by atoms with Crippen LogP contribution in [0, 0.1) is 5.82 Å². The number of imide groups is 1. The fraction of sp³-hybridized carbons (Fsp3) is 0.214. The highest BCUT2D eigenvalue weighted by molar-refractivity contribution is 6.37. The number of nitrogens with zero attached hydrogens (tertiary/aromatic N) is 1. The lowest BCUT2D eigenvalue weighted by atomic mass is 10.2. The molecular weight excluding hydrogens is 323 g/mol. The SMILES string of the molecule is O=C1CCC(C(=O)OCC(=O)NC(=O)Nc2ccccc2F)=NN1. The van der Waals surface area contributed by atoms with Crippen LogP contribution in [-0.2, 0) is 19.1 Å². The molecule has 2 rings (SSSR count). The molecule has 1 aliphatic rings. The number of para-hydroxylation sites is 1. The number of hydrogen-bond acceptors (Lipinski definition) is 6. The van der Waals surface area contributed by atoms with Gasteiger partial charge in [0.25, 0.3) is 5.91 Å². The molecule has 24 heavy (non-hydrogen) atoms. The highest BCUT2D eigenvalue weighted by atomic mass is 19.1. The van der Waals surface area contributed by atoms with Gasteiger partial charge in [0, 0.05) is 12.8 Å². The van der Waals surface area contributed by atoms with E-state index in [4.69, 9.17) is 0 Å². The highest BCUT2D eigenvalue weighted by Gasteiger charge is 2.20. The number of halogens is 1. The third-order valence-corrected chi connectivity index (χ3v) is 2.85. The van der Waals surface area contributed by atoms with Gasteiger partial charge in [-0.3, -0.25) is 14.9 Å². The van der Waals surface area contributed by atoms with Gasteiger partial charge >= 0.3 is 12.0 Å². The van der Waals surface area contributed by atoms with Gasteiger partial charge in [-0.05, 0) is 12.1 Å². The maximum absolute atomic E-state index is 13.3. The van der Waals surface area contributed by atoms with Gasteiger partial charge in [-0.15, -0.1) is 0 Å². The predicted octanol–water partition coefficient (Wildman–Crippen LogP) is 0.283. The molecule has 126 valence electrons. The quantitative estimate of drug-likeness (QED) is 0.681. The van der Waals surface area contributed by atoms with Crippen LogP contribution in [0.1, 0.15) is 12.8 Å². The van der Waals surface area contributed by atoms with Crippen LogP contribution in [0.15, 0.2) is 29.4 Å². The van der Waals surface area contributed by atoms with Crippen molar-refractivity contribution in [3.63, 3.8) is 0 Å². The normalized spacial score (nSPS) is 13.4. The first-order chi connectivity index (χ1) is 11.5. The summed E-state index contributed by atoms with van der Waals surface area (Å²) in [6.07, 6.45) is 0.186. The average molecular weight is 336 g/mol. The summed E-state index contributed by atoms with van der Waals surface area (Å²) in [6, 6.07) is 4.44. The van der Waals surface area contributed by atoms with Crippen LogP contribution in [0.25, 0.3) is 0 Å². The highest BCUT2D eigenvalue weighted by Crippen LogP contribution is 2.11. The molecule has 1 heterocycles. The first kappa shape index (κ1) is 17.1. The second-order valence-corrected chi connectivity index (χ2v) is 4.65.